The molecule has 1 aliphatic heterocycles. The van der Waals surface area contributed by atoms with E-state index in [1.165, 1.54) is 57.3 Å². The fourth-order valence-electron chi connectivity index (χ4n) is 3.41. The minimum atomic E-state index is 0.653. The molecule has 1 aromatic rings. The Kier molecular flexibility index (Phi) is 9.22. The predicted molar refractivity (Wildman–Crippen MR) is 103 cm³/mol. The minimum Gasteiger partial charge on any atom is -0.494 e. The maximum Gasteiger partial charge on any atom is 0.119 e. The molecule has 0 amide bonds. The Morgan fingerprint density at radius 2 is 1.75 bits per heavy atom. The highest BCUT2D eigenvalue weighted by Gasteiger charge is 2.08. The quantitative estimate of drug-likeness (QED) is 0.607. The number of rotatable bonds is 11. The first kappa shape index (κ1) is 19.3. The van der Waals surface area contributed by atoms with Crippen molar-refractivity contribution < 1.29 is 4.74 Å². The van der Waals surface area contributed by atoms with Gasteiger partial charge in [0.15, 0.2) is 0 Å². The second kappa shape index (κ2) is 11.5. The molecule has 0 bridgehead atoms. The van der Waals surface area contributed by atoms with Crippen LogP contribution in [0.25, 0.3) is 0 Å². The number of ether oxygens (including phenoxy) is 1. The number of benzene rings is 1. The molecule has 0 unspecified atom stereocenters. The molecular weight excluding hydrogens is 296 g/mol. The average Bonchev–Trinajstić information content (AvgIpc) is 2.62. The molecule has 2 rings (SSSR count). The van der Waals surface area contributed by atoms with Crippen LogP contribution in [0.15, 0.2) is 24.3 Å². The Hall–Kier alpha value is -1.06. The summed E-state index contributed by atoms with van der Waals surface area (Å²) in [5, 5.41) is 3.41. The van der Waals surface area contributed by atoms with Crippen LogP contribution in [0.4, 0.5) is 0 Å². The highest BCUT2D eigenvalue weighted by molar-refractivity contribution is 5.29. The molecule has 0 aromatic heterocycles. The summed E-state index contributed by atoms with van der Waals surface area (Å²) in [7, 11) is 0. The number of piperazine rings is 1. The van der Waals surface area contributed by atoms with Crippen LogP contribution in [0.1, 0.15) is 63.9 Å². The molecule has 0 radical (unpaired) electrons. The van der Waals surface area contributed by atoms with E-state index in [1.54, 1.807) is 0 Å². The van der Waals surface area contributed by atoms with Crippen LogP contribution in [-0.2, 0) is 0 Å². The molecule has 1 N–H and O–H groups in total. The van der Waals surface area contributed by atoms with Gasteiger partial charge < -0.3 is 15.0 Å². The standard InChI is InChI=1S/C21H36N2O/c1-3-8-19(2)20-9-11-21(12-10-20)24-18-7-5-4-6-15-23-16-13-22-14-17-23/h9-12,19,22H,3-8,13-18H2,1-2H3/t19-/m1/s1. The van der Waals surface area contributed by atoms with Crippen LogP contribution < -0.4 is 10.1 Å². The van der Waals surface area contributed by atoms with Gasteiger partial charge in [-0.25, -0.2) is 0 Å². The van der Waals surface area contributed by atoms with Crippen molar-refractivity contribution in [2.24, 2.45) is 0 Å². The summed E-state index contributed by atoms with van der Waals surface area (Å²) in [6.07, 6.45) is 7.58. The molecule has 1 aliphatic rings. The summed E-state index contributed by atoms with van der Waals surface area (Å²) in [6, 6.07) is 8.71. The first-order valence-corrected chi connectivity index (χ1v) is 9.95. The van der Waals surface area contributed by atoms with Gasteiger partial charge >= 0.3 is 0 Å². The van der Waals surface area contributed by atoms with E-state index in [2.05, 4.69) is 48.3 Å². The first-order chi connectivity index (χ1) is 11.8. The molecule has 3 heteroatoms. The van der Waals surface area contributed by atoms with Gasteiger partial charge in [-0.15, -0.1) is 0 Å². The monoisotopic (exact) mass is 332 g/mol. The Bertz CT molecular complexity index is 426. The van der Waals surface area contributed by atoms with E-state index in [0.29, 0.717) is 5.92 Å². The molecule has 1 heterocycles. The summed E-state index contributed by atoms with van der Waals surface area (Å²) < 4.78 is 5.88. The molecule has 1 aromatic carbocycles. The zero-order chi connectivity index (χ0) is 17.0. The lowest BCUT2D eigenvalue weighted by atomic mass is 9.97. The Morgan fingerprint density at radius 3 is 2.46 bits per heavy atom. The van der Waals surface area contributed by atoms with Crippen LogP contribution in [-0.4, -0.2) is 44.2 Å². The van der Waals surface area contributed by atoms with Gasteiger partial charge in [0, 0.05) is 26.2 Å². The van der Waals surface area contributed by atoms with E-state index in [1.807, 2.05) is 0 Å². The molecule has 0 spiro atoms. The van der Waals surface area contributed by atoms with Crippen LogP contribution in [0.5, 0.6) is 5.75 Å². The summed E-state index contributed by atoms with van der Waals surface area (Å²) in [5.41, 5.74) is 1.43. The van der Waals surface area contributed by atoms with E-state index in [9.17, 15) is 0 Å². The van der Waals surface area contributed by atoms with Crippen molar-refractivity contribution in [3.63, 3.8) is 0 Å². The smallest absolute Gasteiger partial charge is 0.119 e. The molecule has 1 saturated heterocycles. The fourth-order valence-corrected chi connectivity index (χ4v) is 3.41. The highest BCUT2D eigenvalue weighted by atomic mass is 16.5. The van der Waals surface area contributed by atoms with E-state index in [0.717, 1.165) is 31.9 Å². The second-order valence-corrected chi connectivity index (χ2v) is 7.11. The number of nitrogens with zero attached hydrogens (tertiary/aromatic N) is 1. The van der Waals surface area contributed by atoms with Crippen molar-refractivity contribution in [3.05, 3.63) is 29.8 Å². The third-order valence-corrected chi connectivity index (χ3v) is 5.02. The fraction of sp³-hybridized carbons (Fsp3) is 0.714. The van der Waals surface area contributed by atoms with Gasteiger partial charge in [0.05, 0.1) is 6.61 Å². The third-order valence-electron chi connectivity index (χ3n) is 5.02. The predicted octanol–water partition coefficient (Wildman–Crippen LogP) is 4.43. The first-order valence-electron chi connectivity index (χ1n) is 9.95. The van der Waals surface area contributed by atoms with Crippen LogP contribution in [0.2, 0.25) is 0 Å². The van der Waals surface area contributed by atoms with Gasteiger partial charge in [-0.05, 0) is 49.4 Å². The maximum absolute atomic E-state index is 5.88. The van der Waals surface area contributed by atoms with Crippen molar-refractivity contribution in [1.82, 2.24) is 10.2 Å². The Balaban J connectivity index is 1.51. The molecule has 1 fully saturated rings. The zero-order valence-corrected chi connectivity index (χ0v) is 15.7. The van der Waals surface area contributed by atoms with Crippen molar-refractivity contribution in [2.45, 2.75) is 58.3 Å². The van der Waals surface area contributed by atoms with Crippen LogP contribution >= 0.6 is 0 Å². The van der Waals surface area contributed by atoms with E-state index in [-0.39, 0.29) is 0 Å². The lowest BCUT2D eigenvalue weighted by Crippen LogP contribution is -2.43. The molecule has 0 aliphatic carbocycles. The summed E-state index contributed by atoms with van der Waals surface area (Å²) in [5.74, 6) is 1.67. The van der Waals surface area contributed by atoms with Crippen molar-refractivity contribution in [2.75, 3.05) is 39.3 Å². The van der Waals surface area contributed by atoms with Gasteiger partial charge in [0.25, 0.3) is 0 Å². The molecule has 3 nitrogen and oxygen atoms in total. The topological polar surface area (TPSA) is 24.5 Å². The van der Waals surface area contributed by atoms with E-state index >= 15 is 0 Å². The number of unbranched alkanes of at least 4 members (excludes halogenated alkanes) is 3. The van der Waals surface area contributed by atoms with Crippen LogP contribution in [0, 0.1) is 0 Å². The van der Waals surface area contributed by atoms with Crippen molar-refractivity contribution >= 4 is 0 Å². The van der Waals surface area contributed by atoms with Crippen LogP contribution in [0.3, 0.4) is 0 Å². The number of nitrogens with one attached hydrogen (secondary N) is 1. The van der Waals surface area contributed by atoms with Gasteiger partial charge in [-0.3, -0.25) is 0 Å². The third kappa shape index (κ3) is 7.23. The largest absolute Gasteiger partial charge is 0.494 e. The zero-order valence-electron chi connectivity index (χ0n) is 15.7. The molecule has 0 saturated carbocycles. The van der Waals surface area contributed by atoms with E-state index < -0.39 is 0 Å². The lowest BCUT2D eigenvalue weighted by molar-refractivity contribution is 0.234. The van der Waals surface area contributed by atoms with Gasteiger partial charge in [0.1, 0.15) is 5.75 Å². The Labute approximate surface area is 148 Å². The summed E-state index contributed by atoms with van der Waals surface area (Å²) >= 11 is 0. The molecule has 24 heavy (non-hydrogen) atoms. The van der Waals surface area contributed by atoms with Crippen molar-refractivity contribution in [1.29, 1.82) is 0 Å². The Morgan fingerprint density at radius 1 is 1.04 bits per heavy atom. The number of hydrogen-bond donors (Lipinski definition) is 1. The molecule has 1 atom stereocenters. The van der Waals surface area contributed by atoms with Gasteiger partial charge in [0.2, 0.25) is 0 Å². The number of hydrogen-bond acceptors (Lipinski definition) is 3. The van der Waals surface area contributed by atoms with Gasteiger partial charge in [-0.2, -0.15) is 0 Å². The highest BCUT2D eigenvalue weighted by Crippen LogP contribution is 2.23. The lowest BCUT2D eigenvalue weighted by Gasteiger charge is -2.27. The van der Waals surface area contributed by atoms with E-state index in [4.69, 9.17) is 4.74 Å². The van der Waals surface area contributed by atoms with Gasteiger partial charge in [-0.1, -0.05) is 45.2 Å². The average molecular weight is 333 g/mol. The normalized spacial score (nSPS) is 16.9. The SMILES string of the molecule is CCC[C@@H](C)c1ccc(OCCCCCCN2CCNCC2)cc1. The summed E-state index contributed by atoms with van der Waals surface area (Å²) in [6.45, 7) is 11.4. The molecule has 136 valence electrons. The minimum absolute atomic E-state index is 0.653. The second-order valence-electron chi connectivity index (χ2n) is 7.11. The molecular formula is C21H36N2O. The summed E-state index contributed by atoms with van der Waals surface area (Å²) in [4.78, 5) is 2.58. The van der Waals surface area contributed by atoms with Crippen molar-refractivity contribution in [3.8, 4) is 5.75 Å². The maximum atomic E-state index is 5.88.